The van der Waals surface area contributed by atoms with Crippen molar-refractivity contribution in [2.45, 2.75) is 30.3 Å². The summed E-state index contributed by atoms with van der Waals surface area (Å²) in [7, 11) is -3.33. The topological polar surface area (TPSA) is 81.4 Å². The van der Waals surface area contributed by atoms with Crippen molar-refractivity contribution in [1.82, 2.24) is 4.90 Å². The quantitative estimate of drug-likeness (QED) is 0.903. The Morgan fingerprint density at radius 2 is 1.86 bits per heavy atom. The molecule has 0 amide bonds. The molecule has 1 aliphatic heterocycles. The van der Waals surface area contributed by atoms with Gasteiger partial charge in [0.05, 0.1) is 27.9 Å². The first kappa shape index (κ1) is 16.0. The summed E-state index contributed by atoms with van der Waals surface area (Å²) in [6.07, 6.45) is 1.34. The van der Waals surface area contributed by atoms with Crippen molar-refractivity contribution in [3.05, 3.63) is 29.8 Å². The molecule has 1 aliphatic rings. The molecule has 1 fully saturated rings. The van der Waals surface area contributed by atoms with Gasteiger partial charge in [-0.25, -0.2) is 8.42 Å². The first-order valence-corrected chi connectivity index (χ1v) is 8.65. The van der Waals surface area contributed by atoms with Gasteiger partial charge in [0.2, 0.25) is 0 Å². The molecule has 1 heterocycles. The summed E-state index contributed by atoms with van der Waals surface area (Å²) in [6, 6.07) is 7.97. The molecule has 1 N–H and O–H groups in total. The van der Waals surface area contributed by atoms with Crippen molar-refractivity contribution in [2.24, 2.45) is 0 Å². The van der Waals surface area contributed by atoms with Crippen molar-refractivity contribution >= 4 is 9.84 Å². The second-order valence-corrected chi connectivity index (χ2v) is 7.90. The number of sulfone groups is 1. The minimum absolute atomic E-state index is 0.0566. The van der Waals surface area contributed by atoms with Gasteiger partial charge in [-0.05, 0) is 44.0 Å². The second-order valence-electron chi connectivity index (χ2n) is 5.79. The van der Waals surface area contributed by atoms with Gasteiger partial charge in [-0.1, -0.05) is 0 Å². The highest BCUT2D eigenvalue weighted by molar-refractivity contribution is 7.91. The van der Waals surface area contributed by atoms with Crippen LogP contribution in [0.25, 0.3) is 0 Å². The third-order valence-corrected chi connectivity index (χ3v) is 5.66. The van der Waals surface area contributed by atoms with E-state index in [1.807, 2.05) is 13.0 Å². The van der Waals surface area contributed by atoms with Crippen molar-refractivity contribution in [3.63, 3.8) is 0 Å². The molecule has 1 aromatic carbocycles. The van der Waals surface area contributed by atoms with Crippen molar-refractivity contribution < 1.29 is 13.5 Å². The van der Waals surface area contributed by atoms with Gasteiger partial charge in [0.15, 0.2) is 9.84 Å². The average molecular weight is 308 g/mol. The summed E-state index contributed by atoms with van der Waals surface area (Å²) < 4.78 is 24.5. The Bertz CT molecular complexity index is 620. The molecule has 5 nitrogen and oxygen atoms in total. The van der Waals surface area contributed by atoms with E-state index < -0.39 is 15.4 Å². The SMILES string of the molecule is CC1(O)CCN(CCS(=O)(=O)c2ccc(C#N)cc2)CC1. The number of nitriles is 1. The Labute approximate surface area is 125 Å². The van der Waals surface area contributed by atoms with E-state index in [9.17, 15) is 13.5 Å². The fourth-order valence-corrected chi connectivity index (χ4v) is 3.65. The lowest BCUT2D eigenvalue weighted by molar-refractivity contribution is -0.00372. The monoisotopic (exact) mass is 308 g/mol. The maximum Gasteiger partial charge on any atom is 0.179 e. The van der Waals surface area contributed by atoms with Gasteiger partial charge in [-0.15, -0.1) is 0 Å². The maximum atomic E-state index is 12.2. The third kappa shape index (κ3) is 4.27. The fourth-order valence-electron chi connectivity index (χ4n) is 2.36. The van der Waals surface area contributed by atoms with Crippen molar-refractivity contribution in [1.29, 1.82) is 5.26 Å². The van der Waals surface area contributed by atoms with Gasteiger partial charge in [0, 0.05) is 19.6 Å². The predicted octanol–water partition coefficient (Wildman–Crippen LogP) is 1.18. The molecule has 0 aromatic heterocycles. The number of nitrogens with zero attached hydrogens (tertiary/aromatic N) is 2. The first-order valence-electron chi connectivity index (χ1n) is 7.00. The number of rotatable bonds is 4. The molecule has 1 saturated heterocycles. The number of benzene rings is 1. The Hall–Kier alpha value is -1.42. The molecule has 0 aliphatic carbocycles. The van der Waals surface area contributed by atoms with Crippen LogP contribution >= 0.6 is 0 Å². The van der Waals surface area contributed by atoms with Crippen LogP contribution in [0.2, 0.25) is 0 Å². The van der Waals surface area contributed by atoms with E-state index in [2.05, 4.69) is 4.90 Å². The summed E-state index contributed by atoms with van der Waals surface area (Å²) in [4.78, 5) is 2.32. The molecule has 0 atom stereocenters. The number of aliphatic hydroxyl groups is 1. The van der Waals surface area contributed by atoms with Crippen LogP contribution in [0.1, 0.15) is 25.3 Å². The summed E-state index contributed by atoms with van der Waals surface area (Å²) in [5.41, 5.74) is -0.171. The smallest absolute Gasteiger partial charge is 0.179 e. The van der Waals surface area contributed by atoms with Gasteiger partial charge in [0.1, 0.15) is 0 Å². The molecule has 6 heteroatoms. The van der Waals surface area contributed by atoms with E-state index >= 15 is 0 Å². The van der Waals surface area contributed by atoms with Gasteiger partial charge in [-0.3, -0.25) is 0 Å². The zero-order valence-corrected chi connectivity index (χ0v) is 12.9. The average Bonchev–Trinajstić information content (AvgIpc) is 2.46. The van der Waals surface area contributed by atoms with Crippen LogP contribution in [0.4, 0.5) is 0 Å². The Morgan fingerprint density at radius 1 is 1.29 bits per heavy atom. The van der Waals surface area contributed by atoms with Gasteiger partial charge in [-0.2, -0.15) is 5.26 Å². The Kier molecular flexibility index (Phi) is 4.67. The molecule has 0 radical (unpaired) electrons. The predicted molar refractivity (Wildman–Crippen MR) is 79.5 cm³/mol. The zero-order valence-electron chi connectivity index (χ0n) is 12.1. The van der Waals surface area contributed by atoms with E-state index in [1.54, 1.807) is 0 Å². The molecule has 114 valence electrons. The molecular formula is C15H20N2O3S. The molecule has 0 saturated carbocycles. The minimum Gasteiger partial charge on any atom is -0.390 e. The minimum atomic E-state index is -3.33. The van der Waals surface area contributed by atoms with Crippen LogP contribution in [0.3, 0.4) is 0 Å². The summed E-state index contributed by atoms with van der Waals surface area (Å²) in [6.45, 7) is 3.72. The van der Waals surface area contributed by atoms with Gasteiger partial charge < -0.3 is 10.0 Å². The highest BCUT2D eigenvalue weighted by Crippen LogP contribution is 2.21. The van der Waals surface area contributed by atoms with Crippen LogP contribution in [-0.4, -0.2) is 49.4 Å². The summed E-state index contributed by atoms with van der Waals surface area (Å²) in [5, 5.41) is 18.6. The standard InChI is InChI=1S/C15H20N2O3S/c1-15(18)6-8-17(9-7-15)10-11-21(19,20)14-4-2-13(12-16)3-5-14/h2-5,18H,6-11H2,1H3. The second kappa shape index (κ2) is 6.14. The Morgan fingerprint density at radius 3 is 2.38 bits per heavy atom. The first-order chi connectivity index (χ1) is 9.82. The van der Waals surface area contributed by atoms with Crippen LogP contribution in [-0.2, 0) is 9.84 Å². The van der Waals surface area contributed by atoms with Crippen molar-refractivity contribution in [3.8, 4) is 6.07 Å². The van der Waals surface area contributed by atoms with E-state index in [1.165, 1.54) is 24.3 Å². The zero-order chi connectivity index (χ0) is 15.5. The number of likely N-dealkylation sites (tertiary alicyclic amines) is 1. The van der Waals surface area contributed by atoms with E-state index in [-0.39, 0.29) is 10.6 Å². The van der Waals surface area contributed by atoms with Gasteiger partial charge >= 0.3 is 0 Å². The van der Waals surface area contributed by atoms with E-state index in [0.717, 1.165) is 13.1 Å². The lowest BCUT2D eigenvalue weighted by atomic mass is 9.94. The molecule has 2 rings (SSSR count). The van der Waals surface area contributed by atoms with E-state index in [4.69, 9.17) is 5.26 Å². The highest BCUT2D eigenvalue weighted by Gasteiger charge is 2.27. The number of hydrogen-bond donors (Lipinski definition) is 1. The highest BCUT2D eigenvalue weighted by atomic mass is 32.2. The van der Waals surface area contributed by atoms with E-state index in [0.29, 0.717) is 24.9 Å². The Balaban J connectivity index is 1.94. The maximum absolute atomic E-state index is 12.2. The van der Waals surface area contributed by atoms with Gasteiger partial charge in [0.25, 0.3) is 0 Å². The number of piperidine rings is 1. The molecular weight excluding hydrogens is 288 g/mol. The molecule has 21 heavy (non-hydrogen) atoms. The largest absolute Gasteiger partial charge is 0.390 e. The van der Waals surface area contributed by atoms with Crippen LogP contribution in [0.5, 0.6) is 0 Å². The van der Waals surface area contributed by atoms with Crippen molar-refractivity contribution in [2.75, 3.05) is 25.4 Å². The molecule has 0 unspecified atom stereocenters. The fraction of sp³-hybridized carbons (Fsp3) is 0.533. The third-order valence-electron chi connectivity index (χ3n) is 3.95. The molecule has 0 spiro atoms. The molecule has 0 bridgehead atoms. The van der Waals surface area contributed by atoms with Crippen LogP contribution < -0.4 is 0 Å². The van der Waals surface area contributed by atoms with Crippen LogP contribution in [0, 0.1) is 11.3 Å². The molecule has 1 aromatic rings. The van der Waals surface area contributed by atoms with Crippen LogP contribution in [0.15, 0.2) is 29.2 Å². The normalized spacial score (nSPS) is 19.1. The lowest BCUT2D eigenvalue weighted by Gasteiger charge is -2.35. The summed E-state index contributed by atoms with van der Waals surface area (Å²) in [5.74, 6) is 0.0566. The number of hydrogen-bond acceptors (Lipinski definition) is 5. The summed E-state index contributed by atoms with van der Waals surface area (Å²) >= 11 is 0. The lowest BCUT2D eigenvalue weighted by Crippen LogP contribution is -2.43.